The summed E-state index contributed by atoms with van der Waals surface area (Å²) in [5.74, 6) is -0.526. The average molecular weight is 601 g/mol. The number of amides is 1. The summed E-state index contributed by atoms with van der Waals surface area (Å²) in [6.07, 6.45) is -4.11. The summed E-state index contributed by atoms with van der Waals surface area (Å²) < 4.78 is 40.8. The van der Waals surface area contributed by atoms with Gasteiger partial charge in [0, 0.05) is 36.8 Å². The first kappa shape index (κ1) is 29.1. The topological polar surface area (TPSA) is 92.2 Å². The van der Waals surface area contributed by atoms with Crippen LogP contribution in [0.4, 0.5) is 24.5 Å². The van der Waals surface area contributed by atoms with Gasteiger partial charge in [0.05, 0.1) is 16.3 Å². The predicted octanol–water partition coefficient (Wildman–Crippen LogP) is 5.02. The molecule has 1 fully saturated rings. The normalized spacial score (nSPS) is 14.1. The molecule has 5 rings (SSSR count). The van der Waals surface area contributed by atoms with Crippen LogP contribution < -0.4 is 21.0 Å². The number of aryl methyl sites for hydroxylation is 1. The van der Waals surface area contributed by atoms with E-state index < -0.39 is 17.6 Å². The fourth-order valence-electron chi connectivity index (χ4n) is 4.68. The molecule has 0 unspecified atom stereocenters. The summed E-state index contributed by atoms with van der Waals surface area (Å²) in [6, 6.07) is 4.62. The molecule has 3 aromatic heterocycles. The zero-order chi connectivity index (χ0) is 27.2. The highest BCUT2D eigenvalue weighted by Crippen LogP contribution is 2.34. The Morgan fingerprint density at radius 1 is 1.21 bits per heavy atom. The van der Waals surface area contributed by atoms with E-state index in [9.17, 15) is 22.8 Å². The fourth-order valence-corrected chi connectivity index (χ4v) is 5.72. The number of piperazine rings is 1. The number of nitrogens with one attached hydrogen (secondary N) is 2. The van der Waals surface area contributed by atoms with Crippen molar-refractivity contribution < 1.29 is 18.0 Å². The molecule has 1 aliphatic heterocycles. The second-order valence-electron chi connectivity index (χ2n) is 8.98. The van der Waals surface area contributed by atoms with Crippen molar-refractivity contribution in [2.75, 3.05) is 36.4 Å². The van der Waals surface area contributed by atoms with E-state index in [-0.39, 0.29) is 46.3 Å². The van der Waals surface area contributed by atoms with Gasteiger partial charge in [-0.1, -0.05) is 18.5 Å². The number of rotatable bonds is 5. The maximum atomic E-state index is 13.8. The smallest absolute Gasteiger partial charge is 0.364 e. The Hall–Kier alpha value is -2.93. The first-order valence-electron chi connectivity index (χ1n) is 12.0. The molecule has 0 radical (unpaired) electrons. The van der Waals surface area contributed by atoms with E-state index in [0.717, 1.165) is 23.1 Å². The molecule has 0 bridgehead atoms. The average Bonchev–Trinajstić information content (AvgIpc) is 3.24. The molecule has 4 heterocycles. The van der Waals surface area contributed by atoms with Crippen LogP contribution in [0.25, 0.3) is 21.5 Å². The zero-order valence-corrected chi connectivity index (χ0v) is 23.4. The third kappa shape index (κ3) is 5.69. The summed E-state index contributed by atoms with van der Waals surface area (Å²) in [4.78, 5) is 40.0. The van der Waals surface area contributed by atoms with Crippen molar-refractivity contribution >= 4 is 74.1 Å². The van der Waals surface area contributed by atoms with Gasteiger partial charge in [-0.15, -0.1) is 23.7 Å². The van der Waals surface area contributed by atoms with Crippen molar-refractivity contribution in [3.63, 3.8) is 0 Å². The molecule has 208 valence electrons. The van der Waals surface area contributed by atoms with Crippen molar-refractivity contribution in [2.45, 2.75) is 33.0 Å². The Labute approximate surface area is 236 Å². The van der Waals surface area contributed by atoms with Crippen LogP contribution in [-0.2, 0) is 23.9 Å². The second-order valence-corrected chi connectivity index (χ2v) is 10.6. The standard InChI is InChI=1S/C25H24ClF3N6O2S.ClH/c1-3-18-21(34-8-6-30-7-9-34)22(37)20-23(33-24-17(32-20)10-13(2)38-24)35(18)12-19(36)31-16-5-4-14(11-15(16)26)25(27,28)29;/h4-5,10-11,30H,3,6-9,12H2,1-2H3,(H,31,36);1H. The number of halogens is 5. The van der Waals surface area contributed by atoms with Crippen LogP contribution in [-0.4, -0.2) is 46.6 Å². The second kappa shape index (κ2) is 11.3. The van der Waals surface area contributed by atoms with Crippen molar-refractivity contribution in [3.05, 3.63) is 55.6 Å². The summed E-state index contributed by atoms with van der Waals surface area (Å²) >= 11 is 7.49. The monoisotopic (exact) mass is 600 g/mol. The molecule has 14 heteroatoms. The van der Waals surface area contributed by atoms with E-state index in [1.165, 1.54) is 11.3 Å². The molecule has 0 aliphatic carbocycles. The van der Waals surface area contributed by atoms with E-state index in [2.05, 4.69) is 15.6 Å². The first-order chi connectivity index (χ1) is 18.1. The number of fused-ring (bicyclic) bond motifs is 2. The van der Waals surface area contributed by atoms with Gasteiger partial charge in [-0.2, -0.15) is 13.2 Å². The van der Waals surface area contributed by atoms with Gasteiger partial charge in [-0.05, 0) is 37.6 Å². The van der Waals surface area contributed by atoms with Gasteiger partial charge in [-0.25, -0.2) is 9.97 Å². The van der Waals surface area contributed by atoms with Crippen molar-refractivity contribution in [2.24, 2.45) is 0 Å². The van der Waals surface area contributed by atoms with Gasteiger partial charge >= 0.3 is 6.18 Å². The van der Waals surface area contributed by atoms with Crippen molar-refractivity contribution in [1.29, 1.82) is 0 Å². The van der Waals surface area contributed by atoms with Crippen LogP contribution >= 0.6 is 35.3 Å². The number of anilines is 2. The highest BCUT2D eigenvalue weighted by atomic mass is 35.5. The number of thiophene rings is 1. The lowest BCUT2D eigenvalue weighted by Gasteiger charge is -2.31. The first-order valence-corrected chi connectivity index (χ1v) is 13.2. The molecule has 39 heavy (non-hydrogen) atoms. The number of hydrogen-bond donors (Lipinski definition) is 2. The quantitative estimate of drug-likeness (QED) is 0.334. The van der Waals surface area contributed by atoms with Gasteiger partial charge < -0.3 is 20.1 Å². The number of nitrogens with zero attached hydrogens (tertiary/aromatic N) is 4. The number of carbonyl (C=O) groups is 1. The fraction of sp³-hybridized carbons (Fsp3) is 0.360. The van der Waals surface area contributed by atoms with Crippen LogP contribution in [0.3, 0.4) is 0 Å². The number of hydrogen-bond acceptors (Lipinski definition) is 7. The Morgan fingerprint density at radius 3 is 2.56 bits per heavy atom. The molecule has 1 aromatic carbocycles. The van der Waals surface area contributed by atoms with Gasteiger partial charge in [0.25, 0.3) is 0 Å². The zero-order valence-electron chi connectivity index (χ0n) is 21.0. The maximum absolute atomic E-state index is 13.8. The third-order valence-electron chi connectivity index (χ3n) is 6.39. The molecule has 1 amide bonds. The van der Waals surface area contributed by atoms with E-state index in [1.807, 2.05) is 24.8 Å². The van der Waals surface area contributed by atoms with E-state index in [0.29, 0.717) is 54.3 Å². The Morgan fingerprint density at radius 2 is 1.92 bits per heavy atom. The van der Waals surface area contributed by atoms with Crippen molar-refractivity contribution in [3.8, 4) is 0 Å². The van der Waals surface area contributed by atoms with Crippen LogP contribution in [0.15, 0.2) is 29.1 Å². The Balaban J connectivity index is 0.00000353. The molecule has 1 saturated heterocycles. The largest absolute Gasteiger partial charge is 0.416 e. The minimum atomic E-state index is -4.55. The number of pyridine rings is 1. The molecule has 1 aliphatic rings. The van der Waals surface area contributed by atoms with E-state index >= 15 is 0 Å². The molecule has 0 spiro atoms. The molecule has 4 aromatic rings. The van der Waals surface area contributed by atoms with Crippen LogP contribution in [0.5, 0.6) is 0 Å². The summed E-state index contributed by atoms with van der Waals surface area (Å²) in [5, 5.41) is 5.65. The molecule has 0 atom stereocenters. The molecule has 0 saturated carbocycles. The minimum absolute atomic E-state index is 0. The van der Waals surface area contributed by atoms with Gasteiger partial charge in [0.15, 0.2) is 11.2 Å². The minimum Gasteiger partial charge on any atom is -0.364 e. The van der Waals surface area contributed by atoms with Gasteiger partial charge in [0.1, 0.15) is 22.6 Å². The third-order valence-corrected chi connectivity index (χ3v) is 7.64. The maximum Gasteiger partial charge on any atom is 0.416 e. The summed E-state index contributed by atoms with van der Waals surface area (Å²) in [7, 11) is 0. The van der Waals surface area contributed by atoms with Gasteiger partial charge in [0.2, 0.25) is 11.3 Å². The highest BCUT2D eigenvalue weighted by molar-refractivity contribution is 7.18. The molecular formula is C25H25Cl2F3N6O2S. The Kier molecular flexibility index (Phi) is 8.41. The van der Waals surface area contributed by atoms with Gasteiger partial charge in [-0.3, -0.25) is 9.59 Å². The summed E-state index contributed by atoms with van der Waals surface area (Å²) in [6.45, 7) is 6.25. The predicted molar refractivity (Wildman–Crippen MR) is 151 cm³/mol. The Bertz CT molecular complexity index is 1620. The van der Waals surface area contributed by atoms with Crippen molar-refractivity contribution in [1.82, 2.24) is 19.9 Å². The highest BCUT2D eigenvalue weighted by Gasteiger charge is 2.31. The molecule has 2 N–H and O–H groups in total. The molecule has 8 nitrogen and oxygen atoms in total. The van der Waals surface area contributed by atoms with Crippen LogP contribution in [0.2, 0.25) is 5.02 Å². The number of benzene rings is 1. The van der Waals surface area contributed by atoms with Crippen LogP contribution in [0, 0.1) is 6.92 Å². The number of alkyl halides is 3. The lowest BCUT2D eigenvalue weighted by Crippen LogP contribution is -2.46. The SMILES string of the molecule is CCc1c(N2CCNCC2)c(=O)c2nc3cc(C)sc3nc2n1CC(=O)Nc1ccc(C(F)(F)F)cc1Cl.Cl. The lowest BCUT2D eigenvalue weighted by molar-refractivity contribution is -0.137. The van der Waals surface area contributed by atoms with E-state index in [4.69, 9.17) is 16.6 Å². The number of aromatic nitrogens is 3. The number of carbonyl (C=O) groups excluding carboxylic acids is 1. The summed E-state index contributed by atoms with van der Waals surface area (Å²) in [5.41, 5.74) is 1.10. The lowest BCUT2D eigenvalue weighted by atomic mass is 10.1. The molecular weight excluding hydrogens is 576 g/mol. The van der Waals surface area contributed by atoms with E-state index in [1.54, 1.807) is 4.57 Å². The van der Waals surface area contributed by atoms with Crippen LogP contribution in [0.1, 0.15) is 23.1 Å².